The van der Waals surface area contributed by atoms with Crippen LogP contribution in [-0.4, -0.2) is 20.7 Å². The summed E-state index contributed by atoms with van der Waals surface area (Å²) >= 11 is 0. The minimum absolute atomic E-state index is 0.00411. The zero-order valence-corrected chi connectivity index (χ0v) is 15.7. The lowest BCUT2D eigenvalue weighted by Gasteiger charge is -2.60. The largest absolute Gasteiger partial charge is 0.326 e. The summed E-state index contributed by atoms with van der Waals surface area (Å²) in [6, 6.07) is 6.50. The third-order valence-electron chi connectivity index (χ3n) is 7.77. The highest BCUT2D eigenvalue weighted by atomic mass is 16.2. The average Bonchev–Trinajstić information content (AvgIpc) is 3.32. The van der Waals surface area contributed by atoms with Crippen molar-refractivity contribution in [3.63, 3.8) is 0 Å². The van der Waals surface area contributed by atoms with E-state index in [2.05, 4.69) is 38.3 Å². The normalized spacial score (nSPS) is 36.0. The van der Waals surface area contributed by atoms with Gasteiger partial charge in [0.1, 0.15) is 12.7 Å². The number of carbonyl (C=O) groups excluding carboxylic acids is 1. The number of amides is 1. The van der Waals surface area contributed by atoms with Gasteiger partial charge in [0.15, 0.2) is 0 Å². The summed E-state index contributed by atoms with van der Waals surface area (Å²) in [5.74, 6) is 1.52. The molecule has 0 unspecified atom stereocenters. The first kappa shape index (κ1) is 15.8. The van der Waals surface area contributed by atoms with E-state index in [1.54, 1.807) is 6.33 Å². The molecule has 27 heavy (non-hydrogen) atoms. The average molecular weight is 362 g/mol. The molecule has 2 atom stereocenters. The molecule has 5 aliphatic rings. The van der Waals surface area contributed by atoms with Gasteiger partial charge in [-0.1, -0.05) is 6.07 Å². The summed E-state index contributed by atoms with van der Waals surface area (Å²) in [6.07, 6.45) is 13.6. The Morgan fingerprint density at radius 2 is 1.93 bits per heavy atom. The number of benzene rings is 1. The van der Waals surface area contributed by atoms with Crippen LogP contribution in [0.5, 0.6) is 0 Å². The Morgan fingerprint density at radius 3 is 2.70 bits per heavy atom. The van der Waals surface area contributed by atoms with E-state index < -0.39 is 0 Å². The molecule has 4 bridgehead atoms. The molecule has 0 spiro atoms. The number of anilines is 1. The second-order valence-electron chi connectivity index (χ2n) is 9.60. The summed E-state index contributed by atoms with van der Waals surface area (Å²) in [5.41, 5.74) is 3.60. The van der Waals surface area contributed by atoms with Gasteiger partial charge < -0.3 is 5.32 Å². The van der Waals surface area contributed by atoms with Crippen LogP contribution in [0.3, 0.4) is 0 Å². The van der Waals surface area contributed by atoms with E-state index in [-0.39, 0.29) is 16.9 Å². The predicted octanol–water partition coefficient (Wildman–Crippen LogP) is 3.70. The highest BCUT2D eigenvalue weighted by molar-refractivity contribution is 5.96. The molecule has 1 aromatic heterocycles. The van der Waals surface area contributed by atoms with Crippen LogP contribution in [0, 0.1) is 17.3 Å². The number of carbonyl (C=O) groups is 1. The molecule has 5 aliphatic carbocycles. The van der Waals surface area contributed by atoms with Crippen molar-refractivity contribution in [1.29, 1.82) is 0 Å². The first-order valence-corrected chi connectivity index (χ1v) is 10.4. The van der Waals surface area contributed by atoms with Gasteiger partial charge in [0.2, 0.25) is 5.91 Å². The molecular formula is C22H26N4O. The molecule has 0 radical (unpaired) electrons. The molecule has 1 aromatic carbocycles. The van der Waals surface area contributed by atoms with Crippen molar-refractivity contribution in [1.82, 2.24) is 14.8 Å². The van der Waals surface area contributed by atoms with Crippen molar-refractivity contribution >= 4 is 11.6 Å². The maximum Gasteiger partial charge on any atom is 0.230 e. The number of hydrogen-bond donors (Lipinski definition) is 1. The Bertz CT molecular complexity index is 889. The molecule has 140 valence electrons. The van der Waals surface area contributed by atoms with Crippen molar-refractivity contribution in [3.05, 3.63) is 42.0 Å². The number of fused-ring (bicyclic) bond motifs is 1. The smallest absolute Gasteiger partial charge is 0.230 e. The first-order chi connectivity index (χ1) is 13.1. The van der Waals surface area contributed by atoms with Crippen LogP contribution in [-0.2, 0) is 23.2 Å². The van der Waals surface area contributed by atoms with E-state index >= 15 is 0 Å². The number of aromatic nitrogens is 3. The van der Waals surface area contributed by atoms with E-state index in [4.69, 9.17) is 0 Å². The van der Waals surface area contributed by atoms with E-state index in [1.165, 1.54) is 30.4 Å². The first-order valence-electron chi connectivity index (χ1n) is 10.4. The third-order valence-corrected chi connectivity index (χ3v) is 7.77. The van der Waals surface area contributed by atoms with E-state index in [9.17, 15) is 4.79 Å². The maximum absolute atomic E-state index is 13.5. The van der Waals surface area contributed by atoms with Crippen molar-refractivity contribution < 1.29 is 4.79 Å². The zero-order valence-electron chi connectivity index (χ0n) is 15.7. The SMILES string of the molecule is O=C(Nc1ccc2c(c1)CCC2)C12C[C@H]3C[C@H](C1)CC(n1cncn1)(C3)C2. The number of nitrogens with one attached hydrogen (secondary N) is 1. The Hall–Kier alpha value is -2.17. The van der Waals surface area contributed by atoms with Gasteiger partial charge in [-0.2, -0.15) is 5.10 Å². The molecule has 0 saturated heterocycles. The van der Waals surface area contributed by atoms with E-state index in [0.29, 0.717) is 11.8 Å². The highest BCUT2D eigenvalue weighted by Gasteiger charge is 2.61. The number of rotatable bonds is 3. The van der Waals surface area contributed by atoms with Gasteiger partial charge in [-0.25, -0.2) is 9.67 Å². The molecule has 1 N–H and O–H groups in total. The lowest BCUT2D eigenvalue weighted by molar-refractivity contribution is -0.150. The van der Waals surface area contributed by atoms with Crippen LogP contribution in [0.4, 0.5) is 5.69 Å². The fourth-order valence-corrected chi connectivity index (χ4v) is 7.11. The van der Waals surface area contributed by atoms with Gasteiger partial charge in [-0.05, 0) is 92.9 Å². The predicted molar refractivity (Wildman–Crippen MR) is 102 cm³/mol. The third kappa shape index (κ3) is 2.33. The monoisotopic (exact) mass is 362 g/mol. The molecule has 4 fully saturated rings. The minimum Gasteiger partial charge on any atom is -0.326 e. The summed E-state index contributed by atoms with van der Waals surface area (Å²) in [5, 5.41) is 7.80. The second-order valence-corrected chi connectivity index (χ2v) is 9.60. The molecule has 7 rings (SSSR count). The number of aryl methyl sites for hydroxylation is 2. The van der Waals surface area contributed by atoms with Crippen molar-refractivity contribution in [2.45, 2.75) is 63.3 Å². The molecule has 0 aliphatic heterocycles. The second kappa shape index (κ2) is 5.43. The van der Waals surface area contributed by atoms with Crippen LogP contribution in [0.1, 0.15) is 56.1 Å². The lowest BCUT2D eigenvalue weighted by Crippen LogP contribution is -2.60. The van der Waals surface area contributed by atoms with E-state index in [0.717, 1.165) is 44.2 Å². The Labute approximate surface area is 159 Å². The highest BCUT2D eigenvalue weighted by Crippen LogP contribution is 2.64. The lowest BCUT2D eigenvalue weighted by atomic mass is 9.46. The van der Waals surface area contributed by atoms with Crippen molar-refractivity contribution in [2.24, 2.45) is 17.3 Å². The summed E-state index contributed by atoms with van der Waals surface area (Å²) in [7, 11) is 0. The fraction of sp³-hybridized carbons (Fsp3) is 0.591. The Kier molecular flexibility index (Phi) is 3.19. The molecule has 4 saturated carbocycles. The Morgan fingerprint density at radius 1 is 1.11 bits per heavy atom. The quantitative estimate of drug-likeness (QED) is 0.906. The molecule has 5 nitrogen and oxygen atoms in total. The van der Waals surface area contributed by atoms with Gasteiger partial charge in [-0.3, -0.25) is 4.79 Å². The van der Waals surface area contributed by atoms with Gasteiger partial charge in [0.05, 0.1) is 11.0 Å². The molecule has 2 aromatic rings. The molecule has 1 amide bonds. The van der Waals surface area contributed by atoms with Crippen LogP contribution < -0.4 is 5.32 Å². The summed E-state index contributed by atoms with van der Waals surface area (Å²) in [4.78, 5) is 17.7. The summed E-state index contributed by atoms with van der Waals surface area (Å²) < 4.78 is 2.07. The summed E-state index contributed by atoms with van der Waals surface area (Å²) in [6.45, 7) is 0. The van der Waals surface area contributed by atoms with Crippen LogP contribution in [0.15, 0.2) is 30.9 Å². The van der Waals surface area contributed by atoms with E-state index in [1.807, 2.05) is 6.33 Å². The zero-order chi connectivity index (χ0) is 18.1. The van der Waals surface area contributed by atoms with Crippen molar-refractivity contribution in [3.8, 4) is 0 Å². The number of nitrogens with zero attached hydrogens (tertiary/aromatic N) is 3. The van der Waals surface area contributed by atoms with Gasteiger partial charge in [-0.15, -0.1) is 0 Å². The fourth-order valence-electron chi connectivity index (χ4n) is 7.11. The minimum atomic E-state index is -0.241. The number of hydrogen-bond acceptors (Lipinski definition) is 3. The molecular weight excluding hydrogens is 336 g/mol. The maximum atomic E-state index is 13.5. The topological polar surface area (TPSA) is 59.8 Å². The molecule has 1 heterocycles. The van der Waals surface area contributed by atoms with Crippen molar-refractivity contribution in [2.75, 3.05) is 5.32 Å². The van der Waals surface area contributed by atoms with Crippen LogP contribution in [0.2, 0.25) is 0 Å². The molecule has 5 heteroatoms. The van der Waals surface area contributed by atoms with Gasteiger partial charge in [0, 0.05) is 5.69 Å². The van der Waals surface area contributed by atoms with Crippen LogP contribution >= 0.6 is 0 Å². The van der Waals surface area contributed by atoms with Gasteiger partial charge >= 0.3 is 0 Å². The van der Waals surface area contributed by atoms with Crippen LogP contribution in [0.25, 0.3) is 0 Å². The standard InChI is InChI=1S/C22H26N4O/c27-20(25-19-5-4-17-2-1-3-18(17)7-19)21-8-15-6-16(9-21)11-22(10-15,12-21)26-14-23-13-24-26/h4-5,7,13-16H,1-3,6,8-12H2,(H,25,27)/t15-,16-,21?,22?/m1/s1. The van der Waals surface area contributed by atoms with Gasteiger partial charge in [0.25, 0.3) is 0 Å². The Balaban J connectivity index is 1.31.